The number of anilines is 1. The lowest BCUT2D eigenvalue weighted by atomic mass is 9.94. The average molecular weight is 473 g/mol. The van der Waals surface area contributed by atoms with E-state index in [-0.39, 0.29) is 17.5 Å². The van der Waals surface area contributed by atoms with E-state index < -0.39 is 0 Å². The molecule has 2 aliphatic rings. The van der Waals surface area contributed by atoms with Crippen LogP contribution in [-0.2, 0) is 9.53 Å². The minimum absolute atomic E-state index is 0.105. The molecule has 1 saturated carbocycles. The summed E-state index contributed by atoms with van der Waals surface area (Å²) in [5.74, 6) is 0.368. The summed E-state index contributed by atoms with van der Waals surface area (Å²) in [5, 5.41) is 3.26. The van der Waals surface area contributed by atoms with Crippen molar-refractivity contribution in [1.82, 2.24) is 14.3 Å². The predicted octanol–water partition coefficient (Wildman–Crippen LogP) is 4.07. The molecule has 1 aliphatic carbocycles. The highest BCUT2D eigenvalue weighted by Gasteiger charge is 2.37. The van der Waals surface area contributed by atoms with E-state index in [1.807, 2.05) is 13.0 Å². The molecule has 170 valence electrons. The third-order valence-corrected chi connectivity index (χ3v) is 7.10. The number of carbonyl (C=O) groups is 1. The fourth-order valence-electron chi connectivity index (χ4n) is 4.16. The number of thioether (sulfide) groups is 1. The molecule has 0 bridgehead atoms. The van der Waals surface area contributed by atoms with Crippen LogP contribution in [0.3, 0.4) is 0 Å². The van der Waals surface area contributed by atoms with Crippen LogP contribution in [0.4, 0.5) is 5.82 Å². The zero-order valence-electron chi connectivity index (χ0n) is 18.2. The van der Waals surface area contributed by atoms with Gasteiger partial charge < -0.3 is 10.1 Å². The van der Waals surface area contributed by atoms with E-state index in [1.165, 1.54) is 22.6 Å². The molecule has 3 heterocycles. The van der Waals surface area contributed by atoms with Gasteiger partial charge in [-0.2, -0.15) is 0 Å². The van der Waals surface area contributed by atoms with Crippen LogP contribution in [0.2, 0.25) is 0 Å². The number of carbonyl (C=O) groups excluding carboxylic acids is 1. The first-order valence-electron chi connectivity index (χ1n) is 11.2. The van der Waals surface area contributed by atoms with Crippen molar-refractivity contribution in [2.24, 2.45) is 0 Å². The number of aromatic nitrogens is 2. The minimum atomic E-state index is -0.217. The summed E-state index contributed by atoms with van der Waals surface area (Å²) < 4.78 is 7.47. The maximum atomic E-state index is 13.3. The van der Waals surface area contributed by atoms with Gasteiger partial charge in [0.05, 0.1) is 10.5 Å². The second-order valence-electron chi connectivity index (χ2n) is 7.93. The Morgan fingerprint density at radius 1 is 1.28 bits per heavy atom. The molecule has 2 aromatic rings. The van der Waals surface area contributed by atoms with Crippen molar-refractivity contribution in [1.29, 1.82) is 0 Å². The number of pyridine rings is 1. The summed E-state index contributed by atoms with van der Waals surface area (Å²) in [5.41, 5.74) is 0.705. The van der Waals surface area contributed by atoms with Crippen molar-refractivity contribution < 1.29 is 9.53 Å². The molecule has 0 radical (unpaired) electrons. The van der Waals surface area contributed by atoms with Crippen LogP contribution < -0.4 is 10.9 Å². The van der Waals surface area contributed by atoms with E-state index in [2.05, 4.69) is 10.3 Å². The number of fused-ring (bicyclic) bond motifs is 1. The lowest BCUT2D eigenvalue weighted by molar-refractivity contribution is -0.124. The van der Waals surface area contributed by atoms with E-state index in [1.54, 1.807) is 29.3 Å². The normalized spacial score (nSPS) is 18.8. The summed E-state index contributed by atoms with van der Waals surface area (Å²) >= 11 is 6.82. The van der Waals surface area contributed by atoms with Crippen LogP contribution in [0.5, 0.6) is 0 Å². The Bertz CT molecular complexity index is 1090. The van der Waals surface area contributed by atoms with Crippen LogP contribution in [0.15, 0.2) is 34.1 Å². The highest BCUT2D eigenvalue weighted by Crippen LogP contribution is 2.37. The van der Waals surface area contributed by atoms with Crippen LogP contribution in [0.1, 0.15) is 51.0 Å². The molecule has 1 aliphatic heterocycles. The molecule has 0 atom stereocenters. The standard InChI is InChI=1S/C23H28N4O3S2/c1-2-30-14-8-12-24-20-17(21(28)26-13-7-6-11-19(26)25-20)15-18-22(29)27(23(31)32-18)16-9-4-3-5-10-16/h6-7,11,13,15-16,24H,2-5,8-10,12,14H2,1H3/b18-15+. The van der Waals surface area contributed by atoms with Crippen LogP contribution in [0, 0.1) is 0 Å². The molecule has 32 heavy (non-hydrogen) atoms. The van der Waals surface area contributed by atoms with Crippen molar-refractivity contribution in [2.75, 3.05) is 25.1 Å². The van der Waals surface area contributed by atoms with Crippen molar-refractivity contribution >= 4 is 51.7 Å². The molecule has 9 heteroatoms. The maximum absolute atomic E-state index is 13.3. The van der Waals surface area contributed by atoms with Gasteiger partial charge in [0, 0.05) is 32.0 Å². The minimum Gasteiger partial charge on any atom is -0.382 e. The molecular formula is C23H28N4O3S2. The summed E-state index contributed by atoms with van der Waals surface area (Å²) in [6.07, 6.45) is 9.53. The smallest absolute Gasteiger partial charge is 0.267 e. The number of rotatable bonds is 8. The molecule has 1 amide bonds. The van der Waals surface area contributed by atoms with E-state index in [0.29, 0.717) is 46.0 Å². The summed E-state index contributed by atoms with van der Waals surface area (Å²) in [7, 11) is 0. The Balaban J connectivity index is 1.66. The van der Waals surface area contributed by atoms with Gasteiger partial charge in [-0.1, -0.05) is 49.3 Å². The third-order valence-electron chi connectivity index (χ3n) is 5.77. The lowest BCUT2D eigenvalue weighted by Gasteiger charge is -2.29. The molecule has 7 nitrogen and oxygen atoms in total. The van der Waals surface area contributed by atoms with Crippen molar-refractivity contribution in [3.63, 3.8) is 0 Å². The third kappa shape index (κ3) is 4.89. The highest BCUT2D eigenvalue weighted by atomic mass is 32.2. The fraction of sp³-hybridized carbons (Fsp3) is 0.478. The average Bonchev–Trinajstić information content (AvgIpc) is 3.09. The van der Waals surface area contributed by atoms with E-state index >= 15 is 0 Å². The van der Waals surface area contributed by atoms with E-state index in [4.69, 9.17) is 17.0 Å². The monoisotopic (exact) mass is 472 g/mol. The molecule has 1 N–H and O–H groups in total. The molecule has 0 aromatic carbocycles. The zero-order chi connectivity index (χ0) is 22.5. The summed E-state index contributed by atoms with van der Waals surface area (Å²) in [6, 6.07) is 5.58. The maximum Gasteiger partial charge on any atom is 0.267 e. The quantitative estimate of drug-likeness (QED) is 0.353. The van der Waals surface area contributed by atoms with Crippen LogP contribution in [0.25, 0.3) is 11.7 Å². The number of nitrogens with one attached hydrogen (secondary N) is 1. The number of hydrogen-bond acceptors (Lipinski definition) is 7. The van der Waals surface area contributed by atoms with Gasteiger partial charge in [-0.05, 0) is 44.4 Å². The highest BCUT2D eigenvalue weighted by molar-refractivity contribution is 8.26. The number of nitrogens with zero attached hydrogens (tertiary/aromatic N) is 3. The molecule has 2 aromatic heterocycles. The second kappa shape index (κ2) is 10.6. The van der Waals surface area contributed by atoms with Gasteiger partial charge in [-0.15, -0.1) is 0 Å². The SMILES string of the molecule is CCOCCCNc1nc2ccccn2c(=O)c1/C=C1/SC(=S)N(C2CCCCC2)C1=O. The molecule has 1 saturated heterocycles. The van der Waals surface area contributed by atoms with Crippen molar-refractivity contribution in [3.05, 3.63) is 45.2 Å². The van der Waals surface area contributed by atoms with E-state index in [0.717, 1.165) is 32.1 Å². The molecule has 4 rings (SSSR count). The van der Waals surface area contributed by atoms with Crippen molar-refractivity contribution in [2.45, 2.75) is 51.5 Å². The fourth-order valence-corrected chi connectivity index (χ4v) is 5.54. The first kappa shape index (κ1) is 22.9. The number of thiocarbonyl (C=S) groups is 1. The molecule has 2 fully saturated rings. The predicted molar refractivity (Wildman–Crippen MR) is 133 cm³/mol. The van der Waals surface area contributed by atoms with Crippen LogP contribution >= 0.6 is 24.0 Å². The first-order chi connectivity index (χ1) is 15.6. The number of amides is 1. The Kier molecular flexibility index (Phi) is 7.59. The second-order valence-corrected chi connectivity index (χ2v) is 9.60. The molecular weight excluding hydrogens is 444 g/mol. The number of ether oxygens (including phenoxy) is 1. The van der Waals surface area contributed by atoms with Gasteiger partial charge >= 0.3 is 0 Å². The lowest BCUT2D eigenvalue weighted by Crippen LogP contribution is -2.39. The Hall–Kier alpha value is -2.23. The number of hydrogen-bond donors (Lipinski definition) is 1. The van der Waals surface area contributed by atoms with Gasteiger partial charge in [-0.25, -0.2) is 4.98 Å². The van der Waals surface area contributed by atoms with Crippen molar-refractivity contribution in [3.8, 4) is 0 Å². The summed E-state index contributed by atoms with van der Waals surface area (Å²) in [6.45, 7) is 3.87. The molecule has 0 spiro atoms. The molecule has 0 unspecified atom stereocenters. The van der Waals surface area contributed by atoms with Crippen LogP contribution in [-0.4, -0.2) is 50.3 Å². The van der Waals surface area contributed by atoms with Gasteiger partial charge in [0.1, 0.15) is 15.8 Å². The van der Waals surface area contributed by atoms with Gasteiger partial charge in [0.25, 0.3) is 11.5 Å². The van der Waals surface area contributed by atoms with Gasteiger partial charge in [0.2, 0.25) is 0 Å². The Labute approximate surface area is 197 Å². The zero-order valence-corrected chi connectivity index (χ0v) is 19.8. The largest absolute Gasteiger partial charge is 0.382 e. The van der Waals surface area contributed by atoms with Gasteiger partial charge in [0.15, 0.2) is 0 Å². The van der Waals surface area contributed by atoms with E-state index in [9.17, 15) is 9.59 Å². The first-order valence-corrected chi connectivity index (χ1v) is 12.4. The Morgan fingerprint density at radius 3 is 2.88 bits per heavy atom. The van der Waals surface area contributed by atoms with Gasteiger partial charge in [-0.3, -0.25) is 18.9 Å². The Morgan fingerprint density at radius 2 is 2.09 bits per heavy atom. The summed E-state index contributed by atoms with van der Waals surface area (Å²) in [4.78, 5) is 33.4. The topological polar surface area (TPSA) is 75.9 Å².